The summed E-state index contributed by atoms with van der Waals surface area (Å²) in [5.41, 5.74) is 0. The van der Waals surface area contributed by atoms with Crippen LogP contribution in [0.1, 0.15) is 26.7 Å². The molecule has 0 aliphatic heterocycles. The molecule has 0 spiro atoms. The first-order valence-electron chi connectivity index (χ1n) is 5.59. The van der Waals surface area contributed by atoms with E-state index in [1.54, 1.807) is 0 Å². The maximum absolute atomic E-state index is 11.7. The Hall–Kier alpha value is -0.330. The van der Waals surface area contributed by atoms with Crippen LogP contribution < -0.4 is 5.32 Å². The monoisotopic (exact) mass is 284 g/mol. The number of hydrogen-bond acceptors (Lipinski definition) is 3. The number of likely N-dealkylation sites (N-methyl/N-ethyl adjacent to an activating group) is 1. The predicted molar refractivity (Wildman–Crippen MR) is 69.6 cm³/mol. The molecular formula is C10H21ClN2O3S. The summed E-state index contributed by atoms with van der Waals surface area (Å²) in [6.45, 7) is 3.52. The quantitative estimate of drug-likeness (QED) is 0.529. The van der Waals surface area contributed by atoms with Gasteiger partial charge in [-0.15, -0.1) is 11.6 Å². The fourth-order valence-corrected chi connectivity index (χ4v) is 2.59. The average molecular weight is 285 g/mol. The molecule has 0 fully saturated rings. The lowest BCUT2D eigenvalue weighted by Crippen LogP contribution is -2.41. The Bertz CT molecular complexity index is 330. The molecule has 0 heterocycles. The summed E-state index contributed by atoms with van der Waals surface area (Å²) in [6, 6.07) is 0.00912. The number of rotatable bonds is 8. The highest BCUT2D eigenvalue weighted by Crippen LogP contribution is 2.03. The zero-order chi connectivity index (χ0) is 13.5. The first-order chi connectivity index (χ1) is 7.79. The van der Waals surface area contributed by atoms with E-state index in [4.69, 9.17) is 11.6 Å². The third kappa shape index (κ3) is 7.57. The molecule has 0 unspecified atom stereocenters. The molecule has 0 aromatic rings. The molecule has 7 heteroatoms. The number of halogens is 1. The molecule has 0 bridgehead atoms. The highest BCUT2D eigenvalue weighted by Gasteiger charge is 2.20. The average Bonchev–Trinajstić information content (AvgIpc) is 2.16. The van der Waals surface area contributed by atoms with Crippen LogP contribution >= 0.6 is 11.6 Å². The second-order valence-corrected chi connectivity index (χ2v) is 6.76. The van der Waals surface area contributed by atoms with Gasteiger partial charge < -0.3 is 5.32 Å². The molecule has 0 aromatic heterocycles. The number of sulfonamides is 1. The lowest BCUT2D eigenvalue weighted by Gasteiger charge is -2.17. The zero-order valence-electron chi connectivity index (χ0n) is 10.6. The van der Waals surface area contributed by atoms with Gasteiger partial charge in [-0.25, -0.2) is 8.42 Å². The van der Waals surface area contributed by atoms with Gasteiger partial charge in [-0.2, -0.15) is 4.31 Å². The van der Waals surface area contributed by atoms with Crippen molar-refractivity contribution in [3.63, 3.8) is 0 Å². The largest absolute Gasteiger partial charge is 0.353 e. The maximum atomic E-state index is 11.7. The Morgan fingerprint density at radius 2 is 1.94 bits per heavy atom. The summed E-state index contributed by atoms with van der Waals surface area (Å²) in [5, 5.41) is 2.65. The van der Waals surface area contributed by atoms with E-state index in [0.29, 0.717) is 18.7 Å². The molecule has 0 rings (SSSR count). The molecular weight excluding hydrogens is 264 g/mol. The normalized spacial score (nSPS) is 12.1. The predicted octanol–water partition coefficient (Wildman–Crippen LogP) is 0.792. The Labute approximate surface area is 109 Å². The first-order valence-corrected chi connectivity index (χ1v) is 7.73. The van der Waals surface area contributed by atoms with Crippen molar-refractivity contribution in [2.24, 2.45) is 0 Å². The summed E-state index contributed by atoms with van der Waals surface area (Å²) >= 11 is 5.48. The third-order valence-corrected chi connectivity index (χ3v) is 4.23. The topological polar surface area (TPSA) is 66.5 Å². The van der Waals surface area contributed by atoms with Crippen LogP contribution in [0.15, 0.2) is 0 Å². The lowest BCUT2D eigenvalue weighted by atomic mass is 10.4. The Morgan fingerprint density at radius 1 is 1.35 bits per heavy atom. The highest BCUT2D eigenvalue weighted by atomic mass is 35.5. The molecule has 0 aliphatic carbocycles. The van der Waals surface area contributed by atoms with E-state index in [9.17, 15) is 13.2 Å². The smallest absolute Gasteiger partial charge is 0.235 e. The zero-order valence-corrected chi connectivity index (χ0v) is 12.1. The maximum Gasteiger partial charge on any atom is 0.235 e. The summed E-state index contributed by atoms with van der Waals surface area (Å²) in [4.78, 5) is 11.4. The molecule has 0 atom stereocenters. The van der Waals surface area contributed by atoms with Gasteiger partial charge in [0.1, 0.15) is 0 Å². The van der Waals surface area contributed by atoms with Crippen LogP contribution in [-0.4, -0.2) is 49.9 Å². The summed E-state index contributed by atoms with van der Waals surface area (Å²) < 4.78 is 24.5. The van der Waals surface area contributed by atoms with Crippen molar-refractivity contribution in [3.8, 4) is 0 Å². The summed E-state index contributed by atoms with van der Waals surface area (Å²) in [5.74, 6) is 0.196. The van der Waals surface area contributed by atoms with Gasteiger partial charge in [0.2, 0.25) is 15.9 Å². The fourth-order valence-electron chi connectivity index (χ4n) is 1.20. The standard InChI is InChI=1S/C10H21ClN2O3S/c1-9(2)12-10(14)8-13(3)17(15,16)7-5-4-6-11/h9H,4-8H2,1-3H3,(H,12,14). The number of unbranched alkanes of at least 4 members (excludes halogenated alkanes) is 1. The van der Waals surface area contributed by atoms with E-state index in [-0.39, 0.29) is 24.2 Å². The molecule has 0 saturated carbocycles. The van der Waals surface area contributed by atoms with E-state index < -0.39 is 10.0 Å². The minimum Gasteiger partial charge on any atom is -0.353 e. The van der Waals surface area contributed by atoms with E-state index in [1.807, 2.05) is 13.8 Å². The van der Waals surface area contributed by atoms with Gasteiger partial charge in [0.05, 0.1) is 12.3 Å². The van der Waals surface area contributed by atoms with Gasteiger partial charge in [-0.05, 0) is 26.7 Å². The van der Waals surface area contributed by atoms with Crippen LogP contribution in [0.2, 0.25) is 0 Å². The van der Waals surface area contributed by atoms with Gasteiger partial charge in [-0.3, -0.25) is 4.79 Å². The third-order valence-electron chi connectivity index (χ3n) is 2.08. The molecule has 0 aromatic carbocycles. The number of nitrogens with zero attached hydrogens (tertiary/aromatic N) is 1. The molecule has 0 radical (unpaired) electrons. The van der Waals surface area contributed by atoms with Crippen molar-refractivity contribution in [1.29, 1.82) is 0 Å². The van der Waals surface area contributed by atoms with E-state index in [2.05, 4.69) is 5.32 Å². The second-order valence-electron chi connectivity index (χ2n) is 4.19. The summed E-state index contributed by atoms with van der Waals surface area (Å²) in [7, 11) is -1.94. The highest BCUT2D eigenvalue weighted by molar-refractivity contribution is 7.89. The first kappa shape index (κ1) is 16.7. The van der Waals surface area contributed by atoms with Crippen molar-refractivity contribution in [2.75, 3.05) is 25.2 Å². The van der Waals surface area contributed by atoms with Crippen LogP contribution in [0.3, 0.4) is 0 Å². The second kappa shape index (κ2) is 7.89. The van der Waals surface area contributed by atoms with Crippen LogP contribution in [0, 0.1) is 0 Å². The number of alkyl halides is 1. The van der Waals surface area contributed by atoms with Crippen molar-refractivity contribution in [1.82, 2.24) is 9.62 Å². The van der Waals surface area contributed by atoms with Gasteiger partial charge in [-0.1, -0.05) is 0 Å². The molecule has 1 amide bonds. The van der Waals surface area contributed by atoms with E-state index in [1.165, 1.54) is 7.05 Å². The SMILES string of the molecule is CC(C)NC(=O)CN(C)S(=O)(=O)CCCCCl. The van der Waals surface area contributed by atoms with Gasteiger partial charge in [0.15, 0.2) is 0 Å². The minimum absolute atomic E-state index is 0.00912. The van der Waals surface area contributed by atoms with Crippen molar-refractivity contribution < 1.29 is 13.2 Å². The van der Waals surface area contributed by atoms with Crippen LogP contribution in [0.25, 0.3) is 0 Å². The fraction of sp³-hybridized carbons (Fsp3) is 0.900. The molecule has 17 heavy (non-hydrogen) atoms. The number of carbonyl (C=O) groups is 1. The molecule has 1 N–H and O–H groups in total. The number of carbonyl (C=O) groups excluding carboxylic acids is 1. The number of amides is 1. The van der Waals surface area contributed by atoms with Crippen molar-refractivity contribution in [2.45, 2.75) is 32.7 Å². The Morgan fingerprint density at radius 3 is 2.41 bits per heavy atom. The molecule has 102 valence electrons. The van der Waals surface area contributed by atoms with Gasteiger partial charge >= 0.3 is 0 Å². The molecule has 5 nitrogen and oxygen atoms in total. The minimum atomic E-state index is -3.35. The lowest BCUT2D eigenvalue weighted by molar-refractivity contribution is -0.121. The van der Waals surface area contributed by atoms with Crippen LogP contribution in [0.5, 0.6) is 0 Å². The number of nitrogens with one attached hydrogen (secondary N) is 1. The van der Waals surface area contributed by atoms with Gasteiger partial charge in [0.25, 0.3) is 0 Å². The number of hydrogen-bond donors (Lipinski definition) is 1. The van der Waals surface area contributed by atoms with Crippen molar-refractivity contribution in [3.05, 3.63) is 0 Å². The van der Waals surface area contributed by atoms with Crippen molar-refractivity contribution >= 4 is 27.5 Å². The van der Waals surface area contributed by atoms with Crippen LogP contribution in [-0.2, 0) is 14.8 Å². The van der Waals surface area contributed by atoms with E-state index >= 15 is 0 Å². The summed E-state index contributed by atoms with van der Waals surface area (Å²) in [6.07, 6.45) is 1.18. The Kier molecular flexibility index (Phi) is 7.74. The van der Waals surface area contributed by atoms with Gasteiger partial charge in [0, 0.05) is 19.0 Å². The van der Waals surface area contributed by atoms with Crippen LogP contribution in [0.4, 0.5) is 0 Å². The molecule has 0 aliphatic rings. The molecule has 0 saturated heterocycles. The Balaban J connectivity index is 4.19. The van der Waals surface area contributed by atoms with E-state index in [0.717, 1.165) is 4.31 Å².